The summed E-state index contributed by atoms with van der Waals surface area (Å²) in [5.41, 5.74) is 0. The maximum absolute atomic E-state index is 14.5. The first-order chi connectivity index (χ1) is 49.1. The van der Waals surface area contributed by atoms with Crippen molar-refractivity contribution in [3.8, 4) is 0 Å². The van der Waals surface area contributed by atoms with Crippen LogP contribution in [-0.4, -0.2) is 283 Å². The van der Waals surface area contributed by atoms with Gasteiger partial charge >= 0.3 is 143 Å². The van der Waals surface area contributed by atoms with Gasteiger partial charge in [0.2, 0.25) is 23.6 Å². The van der Waals surface area contributed by atoms with Crippen LogP contribution in [0.3, 0.4) is 0 Å². The molecule has 0 aliphatic rings. The zero-order valence-corrected chi connectivity index (χ0v) is 53.2. The summed E-state index contributed by atoms with van der Waals surface area (Å²) in [5, 5.41) is 33.9. The topological polar surface area (TPSA) is 169 Å². The molecule has 0 aromatic rings. The Kier molecular flexibility index (Phi) is 31.6. The average molecular weight is 1810 g/mol. The molecule has 0 bridgehead atoms. The molecule has 113 heavy (non-hydrogen) atoms. The highest BCUT2D eigenvalue weighted by molar-refractivity contribution is 5.76. The van der Waals surface area contributed by atoms with Crippen LogP contribution in [0.5, 0.6) is 0 Å². The Hall–Kier alpha value is -6.00. The third-order valence-electron chi connectivity index (χ3n) is 15.2. The normalized spacial score (nSPS) is 15.5. The second-order valence-corrected chi connectivity index (χ2v) is 23.1. The highest BCUT2D eigenvalue weighted by Gasteiger charge is 2.95. The van der Waals surface area contributed by atoms with Gasteiger partial charge in [0.15, 0.2) is 0 Å². The first-order valence-electron chi connectivity index (χ1n) is 28.3. The minimum Gasteiger partial charge on any atom is -0.302 e. The minimum atomic E-state index is -8.56. The van der Waals surface area contributed by atoms with Crippen molar-refractivity contribution in [1.29, 1.82) is 0 Å². The van der Waals surface area contributed by atoms with E-state index in [2.05, 4.69) is 0 Å². The van der Waals surface area contributed by atoms with Crippen molar-refractivity contribution in [1.82, 2.24) is 30.1 Å². The van der Waals surface area contributed by atoms with Gasteiger partial charge < -0.3 is 9.80 Å². The highest BCUT2D eigenvalue weighted by atomic mass is 19.5. The van der Waals surface area contributed by atoms with Gasteiger partial charge in [-0.3, -0.25) is 40.0 Å². The van der Waals surface area contributed by atoms with E-state index in [9.17, 15) is 268 Å². The van der Waals surface area contributed by atoms with E-state index in [1.54, 1.807) is 0 Å². The van der Waals surface area contributed by atoms with Crippen molar-refractivity contribution in [2.75, 3.05) is 65.4 Å². The molecular formula is C47H42F52N6O8. The summed E-state index contributed by atoms with van der Waals surface area (Å²) in [6.45, 7) is -20.3. The van der Waals surface area contributed by atoms with Crippen LogP contribution in [0.1, 0.15) is 57.8 Å². The fourth-order valence-electron chi connectivity index (χ4n) is 8.04. The van der Waals surface area contributed by atoms with E-state index < -0.39 is 310 Å². The number of alkyl halides is 52. The lowest BCUT2D eigenvalue weighted by atomic mass is 9.92. The summed E-state index contributed by atoms with van der Waals surface area (Å²) in [7, 11) is 0. The molecule has 0 fully saturated rings. The molecule has 672 valence electrons. The van der Waals surface area contributed by atoms with Crippen LogP contribution in [0.2, 0.25) is 0 Å². The van der Waals surface area contributed by atoms with E-state index in [0.29, 0.717) is 0 Å². The molecule has 66 heteroatoms. The molecule has 4 amide bonds. The summed E-state index contributed by atoms with van der Waals surface area (Å²) in [5.74, 6) is -173. The number of hydroxylamine groups is 8. The van der Waals surface area contributed by atoms with Gasteiger partial charge in [-0.2, -0.15) is 228 Å². The molecule has 0 aromatic heterocycles. The predicted molar refractivity (Wildman–Crippen MR) is 252 cm³/mol. The second kappa shape index (κ2) is 33.4. The van der Waals surface area contributed by atoms with Gasteiger partial charge in [0, 0.05) is 77.5 Å². The molecule has 0 rings (SSSR count). The molecular weight excluding hydrogens is 1760 g/mol. The molecule has 0 radical (unpaired) electrons. The van der Waals surface area contributed by atoms with Crippen LogP contribution in [-0.2, 0) is 19.2 Å². The van der Waals surface area contributed by atoms with Crippen molar-refractivity contribution in [3.05, 3.63) is 0 Å². The van der Waals surface area contributed by atoms with Gasteiger partial charge in [-0.1, -0.05) is 0 Å². The summed E-state index contributed by atoms with van der Waals surface area (Å²) in [4.78, 5) is 51.1. The molecule has 0 aliphatic heterocycles. The van der Waals surface area contributed by atoms with Gasteiger partial charge in [-0.25, -0.2) is 20.3 Å². The summed E-state index contributed by atoms with van der Waals surface area (Å²) in [6.07, 6.45) is -54.6. The highest BCUT2D eigenvalue weighted by Crippen LogP contribution is 2.66. The number of rotatable bonds is 44. The first-order valence-corrected chi connectivity index (χ1v) is 28.3. The third-order valence-corrected chi connectivity index (χ3v) is 15.2. The van der Waals surface area contributed by atoms with Crippen molar-refractivity contribution >= 4 is 23.6 Å². The Morgan fingerprint density at radius 2 is 0.301 bits per heavy atom. The van der Waals surface area contributed by atoms with E-state index in [0.717, 1.165) is 0 Å². The van der Waals surface area contributed by atoms with Crippen LogP contribution in [0.4, 0.5) is 228 Å². The Bertz CT molecular complexity index is 2780. The lowest BCUT2D eigenvalue weighted by Crippen LogP contribution is -2.70. The molecule has 14 nitrogen and oxygen atoms in total. The van der Waals surface area contributed by atoms with Gasteiger partial charge in [-0.05, 0) is 19.5 Å². The van der Waals surface area contributed by atoms with E-state index in [1.165, 1.54) is 0 Å². The van der Waals surface area contributed by atoms with Gasteiger partial charge in [0.1, 0.15) is 0 Å². The van der Waals surface area contributed by atoms with Crippen LogP contribution < -0.4 is 0 Å². The quantitative estimate of drug-likeness (QED) is 0.0262. The molecule has 0 aliphatic carbocycles. The van der Waals surface area contributed by atoms with Crippen molar-refractivity contribution in [3.63, 3.8) is 0 Å². The maximum atomic E-state index is 14.5. The number of carbonyl (C=O) groups excluding carboxylic acids is 4. The van der Waals surface area contributed by atoms with Crippen LogP contribution in [0, 0.1) is 0 Å². The molecule has 4 N–H and O–H groups in total. The summed E-state index contributed by atoms with van der Waals surface area (Å²) >= 11 is 0. The Morgan fingerprint density at radius 1 is 0.177 bits per heavy atom. The zero-order chi connectivity index (χ0) is 91.2. The smallest absolute Gasteiger partial charge is 0.302 e. The molecule has 0 saturated carbocycles. The standard InChI is InChI=1S/C47H42F52N6O8/c48-24(49,28(56,57)32(64,65)36(72,73)40(80,81)44(88,89)90)6-16-102(110)20(106)2-12-100(13-3-21(107)103(111)17-7-25(50,51)29(58,59)33(66,67)37(74,75)41(82,83)45(91,92)93)10-1-11-101(14-4-22(108)104(112)18-8-26(52,53)30(60,61)34(68,69)38(76,77)42(84,85)46(94,95)96)15-5-23(109)105(113)19-9-27(54,55)31(62,63)35(70,71)39(78,79)43(86,87)47(97,98)99/h110-113H,1-19H2. The van der Waals surface area contributed by atoms with E-state index >= 15 is 0 Å². The van der Waals surface area contributed by atoms with Crippen LogP contribution in [0.15, 0.2) is 0 Å². The molecule has 0 heterocycles. The van der Waals surface area contributed by atoms with Crippen molar-refractivity contribution in [2.24, 2.45) is 0 Å². The Labute approximate surface area is 588 Å². The van der Waals surface area contributed by atoms with E-state index in [-0.39, 0.29) is 9.80 Å². The lowest BCUT2D eigenvalue weighted by molar-refractivity contribution is -0.440. The summed E-state index contributed by atoms with van der Waals surface area (Å²) in [6, 6.07) is 0. The fourth-order valence-corrected chi connectivity index (χ4v) is 8.04. The number of hydrogen-bond acceptors (Lipinski definition) is 10. The molecule has 0 atom stereocenters. The summed E-state index contributed by atoms with van der Waals surface area (Å²) < 4.78 is 708. The minimum absolute atomic E-state index is 0.161. The zero-order valence-electron chi connectivity index (χ0n) is 53.2. The van der Waals surface area contributed by atoms with Gasteiger partial charge in [0.05, 0.1) is 26.2 Å². The molecule has 0 saturated heterocycles. The number of halogens is 52. The Balaban J connectivity index is 7.73. The lowest BCUT2D eigenvalue weighted by Gasteiger charge is -2.40. The van der Waals surface area contributed by atoms with E-state index in [1.807, 2.05) is 0 Å². The van der Waals surface area contributed by atoms with Gasteiger partial charge in [-0.15, -0.1) is 0 Å². The SMILES string of the molecule is O=C(CCN(CCCN(CCC(=O)N(O)CCC(F)(F)C(F)(F)C(F)(F)C(F)(F)C(F)(F)C(F)(F)F)CCC(=O)N(O)CCC(F)(F)C(F)(F)C(F)(F)C(F)(F)C(F)(F)C(F)(F)F)CCC(=O)N(O)CCC(F)(F)C(F)(F)C(F)(F)C(F)(F)C(F)(F)C(F)(F)F)N(O)CCC(F)(F)C(F)(F)C(F)(F)C(F)(F)C(F)(F)C(F)(F)F. The molecule has 0 spiro atoms. The predicted octanol–water partition coefficient (Wildman–Crippen LogP) is 16.9. The number of amides is 4. The van der Waals surface area contributed by atoms with E-state index in [4.69, 9.17) is 0 Å². The average Bonchev–Trinajstić information content (AvgIpc) is 0.729. The maximum Gasteiger partial charge on any atom is 0.460 e. The van der Waals surface area contributed by atoms with Crippen molar-refractivity contribution < 1.29 is 268 Å². The monoisotopic (exact) mass is 1810 g/mol. The van der Waals surface area contributed by atoms with Crippen LogP contribution >= 0.6 is 0 Å². The third kappa shape index (κ3) is 19.9. The molecule has 0 unspecified atom stereocenters. The number of nitrogens with zero attached hydrogens (tertiary/aromatic N) is 6. The largest absolute Gasteiger partial charge is 0.460 e. The fraction of sp³-hybridized carbons (Fsp3) is 0.915. The van der Waals surface area contributed by atoms with Crippen molar-refractivity contribution in [2.45, 2.75) is 201 Å². The second-order valence-electron chi connectivity index (χ2n) is 23.1. The first kappa shape index (κ1) is 107. The molecule has 0 aromatic carbocycles. The number of hydrogen-bond donors (Lipinski definition) is 4. The van der Waals surface area contributed by atoms with Gasteiger partial charge in [0.25, 0.3) is 0 Å². The Morgan fingerprint density at radius 3 is 0.425 bits per heavy atom. The number of carbonyl (C=O) groups is 4. The van der Waals surface area contributed by atoms with Crippen LogP contribution in [0.25, 0.3) is 0 Å².